The summed E-state index contributed by atoms with van der Waals surface area (Å²) in [6, 6.07) is 3.48. The first-order valence-corrected chi connectivity index (χ1v) is 7.95. The monoisotopic (exact) mass is 334 g/mol. The number of nitrogens with one attached hydrogen (secondary N) is 2. The second-order valence-corrected chi connectivity index (χ2v) is 5.99. The fourth-order valence-corrected chi connectivity index (χ4v) is 2.72. The van der Waals surface area contributed by atoms with E-state index in [1.165, 1.54) is 11.8 Å². The zero-order valence-corrected chi connectivity index (χ0v) is 14.2. The number of hydrogen-bond donors (Lipinski definition) is 2. The molecule has 0 fully saturated rings. The van der Waals surface area contributed by atoms with Crippen LogP contribution in [0.25, 0.3) is 0 Å². The third-order valence-electron chi connectivity index (χ3n) is 2.90. The summed E-state index contributed by atoms with van der Waals surface area (Å²) >= 11 is 1.21. The molecule has 0 aliphatic carbocycles. The predicted molar refractivity (Wildman–Crippen MR) is 86.0 cm³/mol. The molecule has 0 spiro atoms. The van der Waals surface area contributed by atoms with Gasteiger partial charge >= 0.3 is 0 Å². The number of hydrogen-bond acceptors (Lipinski definition) is 6. The van der Waals surface area contributed by atoms with Gasteiger partial charge < -0.3 is 4.42 Å². The predicted octanol–water partition coefficient (Wildman–Crippen LogP) is 1.86. The summed E-state index contributed by atoms with van der Waals surface area (Å²) in [6.45, 7) is 7.18. The molecule has 2 aromatic rings. The topological polar surface area (TPSA) is 97.1 Å². The third-order valence-corrected chi connectivity index (χ3v) is 3.74. The van der Waals surface area contributed by atoms with Crippen molar-refractivity contribution < 1.29 is 14.0 Å². The van der Waals surface area contributed by atoms with E-state index in [2.05, 4.69) is 20.8 Å². The van der Waals surface area contributed by atoms with E-state index in [1.807, 2.05) is 19.9 Å². The van der Waals surface area contributed by atoms with Crippen LogP contribution in [0.1, 0.15) is 33.3 Å². The first kappa shape index (κ1) is 17.0. The lowest BCUT2D eigenvalue weighted by Crippen LogP contribution is -2.42. The lowest BCUT2D eigenvalue weighted by molar-refractivity contribution is -0.119. The van der Waals surface area contributed by atoms with Crippen molar-refractivity contribution in [1.82, 2.24) is 20.8 Å². The number of amides is 2. The van der Waals surface area contributed by atoms with Crippen molar-refractivity contribution in [3.63, 3.8) is 0 Å². The minimum Gasteiger partial charge on any atom is -0.466 e. The highest BCUT2D eigenvalue weighted by molar-refractivity contribution is 7.99. The number of thioether (sulfide) groups is 1. The van der Waals surface area contributed by atoms with Crippen LogP contribution in [0.3, 0.4) is 0 Å². The van der Waals surface area contributed by atoms with Crippen molar-refractivity contribution in [3.8, 4) is 0 Å². The van der Waals surface area contributed by atoms with Gasteiger partial charge in [0.05, 0.1) is 11.3 Å². The molecule has 0 bridgehead atoms. The van der Waals surface area contributed by atoms with Crippen molar-refractivity contribution in [1.29, 1.82) is 0 Å². The highest BCUT2D eigenvalue weighted by atomic mass is 32.2. The van der Waals surface area contributed by atoms with Gasteiger partial charge in [0.25, 0.3) is 5.91 Å². The minimum absolute atomic E-state index is 0.104. The van der Waals surface area contributed by atoms with Crippen molar-refractivity contribution in [2.75, 3.05) is 5.75 Å². The molecule has 0 atom stereocenters. The highest BCUT2D eigenvalue weighted by Gasteiger charge is 2.14. The number of aromatic nitrogens is 2. The number of rotatable bonds is 4. The Hall–Kier alpha value is -2.35. The van der Waals surface area contributed by atoms with Gasteiger partial charge in [0, 0.05) is 11.4 Å². The van der Waals surface area contributed by atoms with Gasteiger partial charge in [-0.1, -0.05) is 11.8 Å². The van der Waals surface area contributed by atoms with E-state index < -0.39 is 5.91 Å². The standard InChI is InChI=1S/C15H18N4O3S/c1-8-5-9(2)17-15(16-8)23-7-13(20)18-19-14(21)12-6-10(3)22-11(12)4/h5-6H,7H2,1-4H3,(H,18,20)(H,19,21). The summed E-state index contributed by atoms with van der Waals surface area (Å²) in [7, 11) is 0. The molecular weight excluding hydrogens is 316 g/mol. The SMILES string of the molecule is Cc1cc(C)nc(SCC(=O)NNC(=O)c2cc(C)oc2C)n1. The van der Waals surface area contributed by atoms with E-state index in [1.54, 1.807) is 19.9 Å². The van der Waals surface area contributed by atoms with Gasteiger partial charge in [-0.05, 0) is 39.8 Å². The van der Waals surface area contributed by atoms with E-state index >= 15 is 0 Å². The van der Waals surface area contributed by atoms with Crippen molar-refractivity contribution >= 4 is 23.6 Å². The molecule has 23 heavy (non-hydrogen) atoms. The van der Waals surface area contributed by atoms with Gasteiger partial charge in [0.1, 0.15) is 11.5 Å². The summed E-state index contributed by atoms with van der Waals surface area (Å²) in [5.41, 5.74) is 6.81. The zero-order valence-electron chi connectivity index (χ0n) is 13.4. The van der Waals surface area contributed by atoms with Gasteiger partial charge in [-0.3, -0.25) is 20.4 Å². The Morgan fingerprint density at radius 3 is 2.30 bits per heavy atom. The molecule has 0 aliphatic heterocycles. The first-order valence-electron chi connectivity index (χ1n) is 6.96. The molecule has 2 N–H and O–H groups in total. The number of furan rings is 1. The Morgan fingerprint density at radius 2 is 1.74 bits per heavy atom. The summed E-state index contributed by atoms with van der Waals surface area (Å²) in [4.78, 5) is 32.2. The van der Waals surface area contributed by atoms with Crippen LogP contribution < -0.4 is 10.9 Å². The number of hydrazine groups is 1. The number of carbonyl (C=O) groups is 2. The molecule has 122 valence electrons. The third kappa shape index (κ3) is 4.82. The maximum atomic E-state index is 11.9. The molecule has 0 aromatic carbocycles. The highest BCUT2D eigenvalue weighted by Crippen LogP contribution is 2.14. The fraction of sp³-hybridized carbons (Fsp3) is 0.333. The number of carbonyl (C=O) groups excluding carboxylic acids is 2. The average molecular weight is 334 g/mol. The summed E-state index contributed by atoms with van der Waals surface area (Å²) in [6.07, 6.45) is 0. The molecule has 0 radical (unpaired) electrons. The molecular formula is C15H18N4O3S. The zero-order chi connectivity index (χ0) is 17.0. The molecule has 2 heterocycles. The van der Waals surface area contributed by atoms with Gasteiger partial charge in [-0.2, -0.15) is 0 Å². The first-order chi connectivity index (χ1) is 10.8. The van der Waals surface area contributed by atoms with Crippen molar-refractivity contribution in [2.24, 2.45) is 0 Å². The molecule has 0 saturated carbocycles. The van der Waals surface area contributed by atoms with E-state index in [4.69, 9.17) is 4.42 Å². The normalized spacial score (nSPS) is 10.4. The Morgan fingerprint density at radius 1 is 1.09 bits per heavy atom. The van der Waals surface area contributed by atoms with E-state index in [-0.39, 0.29) is 11.7 Å². The maximum Gasteiger partial charge on any atom is 0.273 e. The van der Waals surface area contributed by atoms with Crippen molar-refractivity contribution in [2.45, 2.75) is 32.9 Å². The molecule has 0 saturated heterocycles. The van der Waals surface area contributed by atoms with Crippen LogP contribution in [0.5, 0.6) is 0 Å². The summed E-state index contributed by atoms with van der Waals surface area (Å²) in [5, 5.41) is 0.533. The Balaban J connectivity index is 1.83. The molecule has 8 heteroatoms. The van der Waals surface area contributed by atoms with Crippen LogP contribution in [-0.4, -0.2) is 27.5 Å². The van der Waals surface area contributed by atoms with Crippen LogP contribution in [0.15, 0.2) is 21.7 Å². The molecule has 0 aliphatic rings. The average Bonchev–Trinajstić information content (AvgIpc) is 2.80. The number of aryl methyl sites for hydroxylation is 4. The van der Waals surface area contributed by atoms with Crippen LogP contribution in [-0.2, 0) is 4.79 Å². The second kappa shape index (κ2) is 7.28. The van der Waals surface area contributed by atoms with E-state index in [0.717, 1.165) is 11.4 Å². The number of nitrogens with zero attached hydrogens (tertiary/aromatic N) is 2. The molecule has 0 unspecified atom stereocenters. The Kier molecular flexibility index (Phi) is 5.38. The lowest BCUT2D eigenvalue weighted by atomic mass is 10.2. The Bertz CT molecular complexity index is 722. The molecule has 7 nitrogen and oxygen atoms in total. The molecule has 2 amide bonds. The maximum absolute atomic E-state index is 11.9. The quantitative estimate of drug-likeness (QED) is 0.503. The second-order valence-electron chi connectivity index (χ2n) is 5.05. The fourth-order valence-electron chi connectivity index (χ4n) is 1.97. The van der Waals surface area contributed by atoms with E-state index in [9.17, 15) is 9.59 Å². The van der Waals surface area contributed by atoms with Gasteiger partial charge in [0.15, 0.2) is 5.16 Å². The van der Waals surface area contributed by atoms with Gasteiger partial charge in [-0.15, -0.1) is 0 Å². The van der Waals surface area contributed by atoms with Gasteiger partial charge in [0.2, 0.25) is 5.91 Å². The van der Waals surface area contributed by atoms with Crippen molar-refractivity contribution in [3.05, 3.63) is 40.6 Å². The Labute approximate surface area is 138 Å². The van der Waals surface area contributed by atoms with Crippen LogP contribution in [0, 0.1) is 27.7 Å². The largest absolute Gasteiger partial charge is 0.466 e. The molecule has 2 rings (SSSR count). The van der Waals surface area contributed by atoms with Gasteiger partial charge in [-0.25, -0.2) is 9.97 Å². The summed E-state index contributed by atoms with van der Waals surface area (Å²) < 4.78 is 5.28. The van der Waals surface area contributed by atoms with E-state index in [0.29, 0.717) is 22.2 Å². The van der Waals surface area contributed by atoms with Crippen LogP contribution in [0.4, 0.5) is 0 Å². The minimum atomic E-state index is -0.416. The van der Waals surface area contributed by atoms with Crippen LogP contribution in [0.2, 0.25) is 0 Å². The lowest BCUT2D eigenvalue weighted by Gasteiger charge is -2.06. The smallest absolute Gasteiger partial charge is 0.273 e. The molecule has 2 aromatic heterocycles. The van der Waals surface area contributed by atoms with Crippen LogP contribution >= 0.6 is 11.8 Å². The summed E-state index contributed by atoms with van der Waals surface area (Å²) in [5.74, 6) is 0.491.